The number of hydrogen-bond donors (Lipinski definition) is 1. The predicted octanol–water partition coefficient (Wildman–Crippen LogP) is 3.44. The molecular weight excluding hydrogens is 294 g/mol. The van der Waals surface area contributed by atoms with Crippen LogP contribution in [0.4, 0.5) is 11.4 Å². The molecule has 0 saturated heterocycles. The van der Waals surface area contributed by atoms with Crippen molar-refractivity contribution in [3.8, 4) is 11.8 Å². The van der Waals surface area contributed by atoms with Gasteiger partial charge in [0.15, 0.2) is 0 Å². The maximum absolute atomic E-state index is 11.1. The molecule has 0 aliphatic carbocycles. The third kappa shape index (κ3) is 3.98. The van der Waals surface area contributed by atoms with Crippen molar-refractivity contribution < 1.29 is 9.66 Å². The number of nitro benzene ring substituents is 1. The summed E-state index contributed by atoms with van der Waals surface area (Å²) < 4.78 is 5.32. The summed E-state index contributed by atoms with van der Waals surface area (Å²) in [4.78, 5) is 10.6. The highest BCUT2D eigenvalue weighted by Gasteiger charge is 2.14. The van der Waals surface area contributed by atoms with E-state index in [0.717, 1.165) is 16.9 Å². The quantitative estimate of drug-likeness (QED) is 0.652. The van der Waals surface area contributed by atoms with E-state index in [9.17, 15) is 10.1 Å². The molecule has 6 heteroatoms. The Balaban J connectivity index is 2.14. The summed E-state index contributed by atoms with van der Waals surface area (Å²) in [6.45, 7) is 2.49. The predicted molar refractivity (Wildman–Crippen MR) is 87.7 cm³/mol. The zero-order chi connectivity index (χ0) is 16.8. The lowest BCUT2D eigenvalue weighted by molar-refractivity contribution is -0.384. The zero-order valence-corrected chi connectivity index (χ0v) is 13.0. The number of nitriles is 1. The summed E-state index contributed by atoms with van der Waals surface area (Å²) in [5.74, 6) is 0.790. The standard InChI is InChI=1S/C17H17N3O3/c1-12-3-6-17(23-2)14(9-12)7-8-19-15-10-13(11-18)4-5-16(15)20(21)22/h3-6,9-10,19H,7-8H2,1-2H3. The van der Waals surface area contributed by atoms with Crippen LogP contribution in [0.1, 0.15) is 16.7 Å². The minimum Gasteiger partial charge on any atom is -0.496 e. The molecule has 2 aromatic carbocycles. The van der Waals surface area contributed by atoms with E-state index in [4.69, 9.17) is 10.00 Å². The second-order valence-electron chi connectivity index (χ2n) is 5.09. The number of nitrogens with zero attached hydrogens (tertiary/aromatic N) is 2. The number of hydrogen-bond acceptors (Lipinski definition) is 5. The van der Waals surface area contributed by atoms with Gasteiger partial charge in [-0.25, -0.2) is 0 Å². The normalized spacial score (nSPS) is 9.96. The van der Waals surface area contributed by atoms with Crippen molar-refractivity contribution >= 4 is 11.4 Å². The third-order valence-electron chi connectivity index (χ3n) is 3.47. The van der Waals surface area contributed by atoms with Gasteiger partial charge in [-0.3, -0.25) is 10.1 Å². The Bertz CT molecular complexity index is 766. The molecule has 0 saturated carbocycles. The van der Waals surface area contributed by atoms with E-state index in [1.54, 1.807) is 7.11 Å². The molecule has 0 spiro atoms. The number of nitro groups is 1. The second-order valence-corrected chi connectivity index (χ2v) is 5.09. The first kappa shape index (κ1) is 16.3. The van der Waals surface area contributed by atoms with Crippen molar-refractivity contribution in [2.24, 2.45) is 0 Å². The number of anilines is 1. The number of nitrogens with one attached hydrogen (secondary N) is 1. The summed E-state index contributed by atoms with van der Waals surface area (Å²) in [6.07, 6.45) is 0.652. The van der Waals surface area contributed by atoms with Gasteiger partial charge in [0.25, 0.3) is 5.69 Å². The van der Waals surface area contributed by atoms with Crippen LogP contribution in [0.3, 0.4) is 0 Å². The van der Waals surface area contributed by atoms with Crippen LogP contribution in [0.2, 0.25) is 0 Å². The van der Waals surface area contributed by atoms with Crippen LogP contribution in [-0.4, -0.2) is 18.6 Å². The molecule has 0 fully saturated rings. The second kappa shape index (κ2) is 7.27. The summed E-state index contributed by atoms with van der Waals surface area (Å²) in [6, 6.07) is 12.2. The Hall–Kier alpha value is -3.07. The van der Waals surface area contributed by atoms with E-state index >= 15 is 0 Å². The number of aryl methyl sites for hydroxylation is 1. The van der Waals surface area contributed by atoms with Crippen molar-refractivity contribution in [2.75, 3.05) is 19.0 Å². The Morgan fingerprint density at radius 2 is 2.09 bits per heavy atom. The van der Waals surface area contributed by atoms with Crippen molar-refractivity contribution in [3.63, 3.8) is 0 Å². The van der Waals surface area contributed by atoms with Gasteiger partial charge in [-0.2, -0.15) is 5.26 Å². The van der Waals surface area contributed by atoms with Gasteiger partial charge in [0.2, 0.25) is 0 Å². The van der Waals surface area contributed by atoms with Gasteiger partial charge in [-0.15, -0.1) is 0 Å². The molecule has 0 heterocycles. The summed E-state index contributed by atoms with van der Waals surface area (Å²) in [5.41, 5.74) is 2.84. The smallest absolute Gasteiger partial charge is 0.292 e. The van der Waals surface area contributed by atoms with E-state index < -0.39 is 4.92 Å². The van der Waals surface area contributed by atoms with Crippen molar-refractivity contribution in [2.45, 2.75) is 13.3 Å². The van der Waals surface area contributed by atoms with E-state index in [1.165, 1.54) is 18.2 Å². The monoisotopic (exact) mass is 311 g/mol. The first-order chi connectivity index (χ1) is 11.0. The van der Waals surface area contributed by atoms with E-state index in [2.05, 4.69) is 5.32 Å². The average molecular weight is 311 g/mol. The molecule has 2 aromatic rings. The van der Waals surface area contributed by atoms with E-state index in [1.807, 2.05) is 31.2 Å². The first-order valence-corrected chi connectivity index (χ1v) is 7.11. The van der Waals surface area contributed by atoms with Gasteiger partial charge < -0.3 is 10.1 Å². The van der Waals surface area contributed by atoms with Crippen molar-refractivity contribution in [1.82, 2.24) is 0 Å². The highest BCUT2D eigenvalue weighted by atomic mass is 16.6. The topological polar surface area (TPSA) is 88.2 Å². The van der Waals surface area contributed by atoms with Crippen LogP contribution in [0, 0.1) is 28.4 Å². The van der Waals surface area contributed by atoms with Gasteiger partial charge in [-0.05, 0) is 37.1 Å². The van der Waals surface area contributed by atoms with Crippen LogP contribution in [0.5, 0.6) is 5.75 Å². The van der Waals surface area contributed by atoms with Crippen molar-refractivity contribution in [3.05, 3.63) is 63.2 Å². The van der Waals surface area contributed by atoms with Gasteiger partial charge in [0.1, 0.15) is 11.4 Å². The van der Waals surface area contributed by atoms with Gasteiger partial charge in [0, 0.05) is 12.6 Å². The Kier molecular flexibility index (Phi) is 5.15. The Labute approximate surface area is 134 Å². The lowest BCUT2D eigenvalue weighted by atomic mass is 10.1. The molecule has 0 radical (unpaired) electrons. The summed E-state index contributed by atoms with van der Waals surface area (Å²) >= 11 is 0. The average Bonchev–Trinajstić information content (AvgIpc) is 2.54. The summed E-state index contributed by atoms with van der Waals surface area (Å²) in [7, 11) is 1.61. The fourth-order valence-electron chi connectivity index (χ4n) is 2.34. The highest BCUT2D eigenvalue weighted by molar-refractivity contribution is 5.64. The zero-order valence-electron chi connectivity index (χ0n) is 13.0. The molecule has 23 heavy (non-hydrogen) atoms. The Morgan fingerprint density at radius 3 is 2.74 bits per heavy atom. The molecular formula is C17H17N3O3. The molecule has 1 N–H and O–H groups in total. The Morgan fingerprint density at radius 1 is 1.30 bits per heavy atom. The number of benzene rings is 2. The molecule has 6 nitrogen and oxygen atoms in total. The van der Waals surface area contributed by atoms with Crippen LogP contribution >= 0.6 is 0 Å². The lowest BCUT2D eigenvalue weighted by Gasteiger charge is -2.11. The van der Waals surface area contributed by atoms with E-state index in [0.29, 0.717) is 24.2 Å². The maximum atomic E-state index is 11.1. The van der Waals surface area contributed by atoms with Crippen LogP contribution in [0.25, 0.3) is 0 Å². The highest BCUT2D eigenvalue weighted by Crippen LogP contribution is 2.26. The number of methoxy groups -OCH3 is 1. The molecule has 0 aliphatic heterocycles. The van der Waals surface area contributed by atoms with Gasteiger partial charge >= 0.3 is 0 Å². The fraction of sp³-hybridized carbons (Fsp3) is 0.235. The molecule has 0 bridgehead atoms. The molecule has 0 aromatic heterocycles. The molecule has 0 atom stereocenters. The van der Waals surface area contributed by atoms with Crippen molar-refractivity contribution in [1.29, 1.82) is 5.26 Å². The minimum atomic E-state index is -0.462. The molecule has 0 unspecified atom stereocenters. The largest absolute Gasteiger partial charge is 0.496 e. The van der Waals surface area contributed by atoms with Crippen LogP contribution < -0.4 is 10.1 Å². The summed E-state index contributed by atoms with van der Waals surface area (Å²) in [5, 5.41) is 23.0. The minimum absolute atomic E-state index is 0.0415. The molecule has 2 rings (SSSR count). The molecule has 118 valence electrons. The molecule has 0 amide bonds. The van der Waals surface area contributed by atoms with Crippen LogP contribution in [0.15, 0.2) is 36.4 Å². The first-order valence-electron chi connectivity index (χ1n) is 7.11. The number of ether oxygens (including phenoxy) is 1. The van der Waals surface area contributed by atoms with Gasteiger partial charge in [0.05, 0.1) is 23.7 Å². The van der Waals surface area contributed by atoms with E-state index in [-0.39, 0.29) is 5.69 Å². The fourth-order valence-corrected chi connectivity index (χ4v) is 2.34. The van der Waals surface area contributed by atoms with Crippen LogP contribution in [-0.2, 0) is 6.42 Å². The van der Waals surface area contributed by atoms with Gasteiger partial charge in [-0.1, -0.05) is 17.7 Å². The number of rotatable bonds is 6. The lowest BCUT2D eigenvalue weighted by Crippen LogP contribution is -2.08. The molecule has 0 aliphatic rings. The maximum Gasteiger partial charge on any atom is 0.292 e. The third-order valence-corrected chi connectivity index (χ3v) is 3.47. The SMILES string of the molecule is COc1ccc(C)cc1CCNc1cc(C#N)ccc1[N+](=O)[O-].